The topological polar surface area (TPSA) is 0 Å². The van der Waals surface area contributed by atoms with Crippen LogP contribution in [0.5, 0.6) is 0 Å². The molecule has 0 aromatic heterocycles. The van der Waals surface area contributed by atoms with Crippen LogP contribution in [-0.2, 0) is 0 Å². The molecule has 1 rings (SSSR count). The molecule has 4 unspecified atom stereocenters. The zero-order valence-corrected chi connectivity index (χ0v) is 9.84. The molecular formula is C13H26. The molecule has 1 saturated carbocycles. The zero-order chi connectivity index (χ0) is 9.84. The number of rotatable bonds is 5. The summed E-state index contributed by atoms with van der Waals surface area (Å²) in [5, 5.41) is 0. The predicted octanol–water partition coefficient (Wildman–Crippen LogP) is 4.49. The van der Waals surface area contributed by atoms with Crippen molar-refractivity contribution >= 4 is 0 Å². The van der Waals surface area contributed by atoms with Crippen LogP contribution in [0.1, 0.15) is 59.8 Å². The van der Waals surface area contributed by atoms with Crippen molar-refractivity contribution in [2.45, 2.75) is 59.8 Å². The van der Waals surface area contributed by atoms with Gasteiger partial charge < -0.3 is 0 Å². The lowest BCUT2D eigenvalue weighted by molar-refractivity contribution is 0.0909. The average molecular weight is 182 g/mol. The summed E-state index contributed by atoms with van der Waals surface area (Å²) in [6, 6.07) is 0. The maximum absolute atomic E-state index is 2.47. The van der Waals surface area contributed by atoms with E-state index in [9.17, 15) is 0 Å². The van der Waals surface area contributed by atoms with E-state index in [1.54, 1.807) is 0 Å². The Morgan fingerprint density at radius 2 is 1.92 bits per heavy atom. The van der Waals surface area contributed by atoms with Crippen molar-refractivity contribution in [3.8, 4) is 0 Å². The van der Waals surface area contributed by atoms with E-state index in [-0.39, 0.29) is 0 Å². The van der Waals surface area contributed by atoms with Gasteiger partial charge in [-0.25, -0.2) is 0 Å². The van der Waals surface area contributed by atoms with Gasteiger partial charge in [-0.15, -0.1) is 0 Å². The summed E-state index contributed by atoms with van der Waals surface area (Å²) >= 11 is 0. The molecule has 0 aliphatic heterocycles. The lowest BCUT2D eigenvalue weighted by Crippen LogP contribution is -2.32. The Balaban J connectivity index is 2.24. The molecule has 1 aliphatic rings. The van der Waals surface area contributed by atoms with Crippen LogP contribution in [0.3, 0.4) is 0 Å². The standard InChI is InChI=1S/C13H26/c1-5-6-7-10(2)12(4)13-9-8-11(13)3/h10-13H,5-9H2,1-4H3. The second-order valence-electron chi connectivity index (χ2n) is 5.20. The van der Waals surface area contributed by atoms with Crippen LogP contribution >= 0.6 is 0 Å². The van der Waals surface area contributed by atoms with Crippen LogP contribution in [0, 0.1) is 23.7 Å². The van der Waals surface area contributed by atoms with Gasteiger partial charge in [-0.1, -0.05) is 53.4 Å². The molecule has 0 N–H and O–H groups in total. The molecule has 0 nitrogen and oxygen atoms in total. The Bertz CT molecular complexity index is 139. The van der Waals surface area contributed by atoms with Crippen molar-refractivity contribution in [2.24, 2.45) is 23.7 Å². The van der Waals surface area contributed by atoms with E-state index in [2.05, 4.69) is 27.7 Å². The van der Waals surface area contributed by atoms with Crippen LogP contribution in [0.25, 0.3) is 0 Å². The van der Waals surface area contributed by atoms with E-state index >= 15 is 0 Å². The first-order chi connectivity index (χ1) is 6.16. The molecule has 0 radical (unpaired) electrons. The van der Waals surface area contributed by atoms with Gasteiger partial charge in [0.25, 0.3) is 0 Å². The van der Waals surface area contributed by atoms with E-state index in [1.165, 1.54) is 32.1 Å². The first kappa shape index (κ1) is 11.1. The first-order valence-corrected chi connectivity index (χ1v) is 6.16. The van der Waals surface area contributed by atoms with Gasteiger partial charge in [-0.3, -0.25) is 0 Å². The summed E-state index contributed by atoms with van der Waals surface area (Å²) in [5.74, 6) is 3.98. The number of hydrogen-bond donors (Lipinski definition) is 0. The third-order valence-corrected chi connectivity index (χ3v) is 4.27. The van der Waals surface area contributed by atoms with Crippen molar-refractivity contribution < 1.29 is 0 Å². The fourth-order valence-electron chi connectivity index (χ4n) is 2.68. The normalized spacial score (nSPS) is 32.3. The molecule has 0 heterocycles. The van der Waals surface area contributed by atoms with Crippen LogP contribution in [0.15, 0.2) is 0 Å². The van der Waals surface area contributed by atoms with E-state index in [0.29, 0.717) is 0 Å². The Kier molecular flexibility index (Phi) is 4.28. The minimum atomic E-state index is 0.952. The molecule has 13 heavy (non-hydrogen) atoms. The largest absolute Gasteiger partial charge is 0.0654 e. The number of hydrogen-bond acceptors (Lipinski definition) is 0. The van der Waals surface area contributed by atoms with Crippen molar-refractivity contribution in [3.63, 3.8) is 0 Å². The van der Waals surface area contributed by atoms with Crippen molar-refractivity contribution in [2.75, 3.05) is 0 Å². The van der Waals surface area contributed by atoms with Crippen LogP contribution in [0.4, 0.5) is 0 Å². The Morgan fingerprint density at radius 3 is 2.31 bits per heavy atom. The van der Waals surface area contributed by atoms with Gasteiger partial charge in [-0.2, -0.15) is 0 Å². The van der Waals surface area contributed by atoms with Crippen molar-refractivity contribution in [1.29, 1.82) is 0 Å². The average Bonchev–Trinajstić information content (AvgIpc) is 2.11. The lowest BCUT2D eigenvalue weighted by atomic mass is 9.65. The zero-order valence-electron chi connectivity index (χ0n) is 9.84. The highest BCUT2D eigenvalue weighted by molar-refractivity contribution is 4.83. The van der Waals surface area contributed by atoms with Gasteiger partial charge in [0.2, 0.25) is 0 Å². The van der Waals surface area contributed by atoms with E-state index < -0.39 is 0 Å². The molecule has 0 aromatic carbocycles. The lowest BCUT2D eigenvalue weighted by Gasteiger charge is -2.41. The van der Waals surface area contributed by atoms with E-state index in [1.807, 2.05) is 0 Å². The predicted molar refractivity (Wildman–Crippen MR) is 59.7 cm³/mol. The van der Waals surface area contributed by atoms with E-state index in [0.717, 1.165) is 23.7 Å². The summed E-state index contributed by atoms with van der Waals surface area (Å²) in [7, 11) is 0. The Hall–Kier alpha value is 0. The SMILES string of the molecule is CCCCC(C)C(C)C1CCC1C. The molecule has 0 heteroatoms. The molecule has 0 saturated heterocycles. The molecule has 1 fully saturated rings. The summed E-state index contributed by atoms with van der Waals surface area (Å²) < 4.78 is 0. The van der Waals surface area contributed by atoms with Crippen LogP contribution in [0.2, 0.25) is 0 Å². The van der Waals surface area contributed by atoms with Crippen molar-refractivity contribution in [3.05, 3.63) is 0 Å². The van der Waals surface area contributed by atoms with Gasteiger partial charge in [0.1, 0.15) is 0 Å². The molecule has 1 aliphatic carbocycles. The minimum Gasteiger partial charge on any atom is -0.0654 e. The Morgan fingerprint density at radius 1 is 1.23 bits per heavy atom. The fraction of sp³-hybridized carbons (Fsp3) is 1.00. The highest BCUT2D eigenvalue weighted by Crippen LogP contribution is 2.42. The van der Waals surface area contributed by atoms with E-state index in [4.69, 9.17) is 0 Å². The highest BCUT2D eigenvalue weighted by Gasteiger charge is 2.33. The molecule has 0 aromatic rings. The third kappa shape index (κ3) is 2.72. The molecule has 0 bridgehead atoms. The summed E-state index contributed by atoms with van der Waals surface area (Å²) in [6.07, 6.45) is 7.21. The van der Waals surface area contributed by atoms with Gasteiger partial charge >= 0.3 is 0 Å². The molecule has 0 amide bonds. The van der Waals surface area contributed by atoms with Crippen molar-refractivity contribution in [1.82, 2.24) is 0 Å². The molecule has 4 atom stereocenters. The second kappa shape index (κ2) is 5.02. The highest BCUT2D eigenvalue weighted by atomic mass is 14.4. The summed E-state index contributed by atoms with van der Waals surface area (Å²) in [6.45, 7) is 9.65. The first-order valence-electron chi connectivity index (χ1n) is 6.16. The smallest absolute Gasteiger partial charge is 0.0360 e. The van der Waals surface area contributed by atoms with Crippen LogP contribution in [-0.4, -0.2) is 0 Å². The number of unbranched alkanes of at least 4 members (excludes halogenated alkanes) is 1. The quantitative estimate of drug-likeness (QED) is 0.587. The molecular weight excluding hydrogens is 156 g/mol. The Labute approximate surface area is 84.1 Å². The van der Waals surface area contributed by atoms with Gasteiger partial charge in [0.15, 0.2) is 0 Å². The fourth-order valence-corrected chi connectivity index (χ4v) is 2.68. The second-order valence-corrected chi connectivity index (χ2v) is 5.20. The third-order valence-electron chi connectivity index (χ3n) is 4.27. The van der Waals surface area contributed by atoms with Crippen LogP contribution < -0.4 is 0 Å². The minimum absolute atomic E-state index is 0.952. The summed E-state index contributed by atoms with van der Waals surface area (Å²) in [4.78, 5) is 0. The van der Waals surface area contributed by atoms with Gasteiger partial charge in [0, 0.05) is 0 Å². The molecule has 78 valence electrons. The van der Waals surface area contributed by atoms with Gasteiger partial charge in [-0.05, 0) is 30.1 Å². The maximum atomic E-state index is 2.47. The monoisotopic (exact) mass is 182 g/mol. The molecule has 0 spiro atoms. The van der Waals surface area contributed by atoms with Gasteiger partial charge in [0.05, 0.1) is 0 Å². The summed E-state index contributed by atoms with van der Waals surface area (Å²) in [5.41, 5.74) is 0. The maximum Gasteiger partial charge on any atom is -0.0360 e.